The summed E-state index contributed by atoms with van der Waals surface area (Å²) in [5.74, 6) is 0. The van der Waals surface area contributed by atoms with Crippen LogP contribution in [0.15, 0.2) is 30.3 Å². The average molecular weight is 279 g/mol. The fourth-order valence-electron chi connectivity index (χ4n) is 1.89. The van der Waals surface area contributed by atoms with Crippen LogP contribution in [-0.4, -0.2) is 22.4 Å². The number of rotatable bonds is 4. The van der Waals surface area contributed by atoms with E-state index in [1.165, 1.54) is 0 Å². The Hall–Kier alpha value is -1.55. The lowest BCUT2D eigenvalue weighted by atomic mass is 9.94. The van der Waals surface area contributed by atoms with Crippen molar-refractivity contribution in [3.05, 3.63) is 35.9 Å². The molecular weight excluding hydrogens is 254 g/mol. The molecule has 1 rings (SSSR count). The molecule has 0 fully saturated rings. The quantitative estimate of drug-likeness (QED) is 0.888. The van der Waals surface area contributed by atoms with Crippen LogP contribution in [0.3, 0.4) is 0 Å². The van der Waals surface area contributed by atoms with Crippen molar-refractivity contribution in [3.8, 4) is 0 Å². The first kappa shape index (κ1) is 16.5. The van der Waals surface area contributed by atoms with E-state index >= 15 is 0 Å². The Kier molecular flexibility index (Phi) is 5.17. The highest BCUT2D eigenvalue weighted by Gasteiger charge is 2.25. The number of aliphatic hydroxyl groups is 1. The van der Waals surface area contributed by atoms with Crippen molar-refractivity contribution >= 4 is 6.09 Å². The third-order valence-corrected chi connectivity index (χ3v) is 2.60. The van der Waals surface area contributed by atoms with Gasteiger partial charge in [0, 0.05) is 6.42 Å². The molecule has 1 aromatic rings. The number of hydrogen-bond donors (Lipinski definition) is 2. The molecule has 1 atom stereocenters. The van der Waals surface area contributed by atoms with Crippen LogP contribution in [0.4, 0.5) is 4.79 Å². The van der Waals surface area contributed by atoms with Crippen LogP contribution in [0.2, 0.25) is 0 Å². The molecule has 0 aliphatic heterocycles. The maximum Gasteiger partial charge on any atom is 0.408 e. The molecule has 2 N–H and O–H groups in total. The average Bonchev–Trinajstić information content (AvgIpc) is 2.25. The summed E-state index contributed by atoms with van der Waals surface area (Å²) < 4.78 is 5.27. The minimum absolute atomic E-state index is 0.286. The highest BCUT2D eigenvalue weighted by atomic mass is 16.6. The summed E-state index contributed by atoms with van der Waals surface area (Å²) in [6, 6.07) is 9.29. The summed E-state index contributed by atoms with van der Waals surface area (Å²) in [5, 5.41) is 12.8. The van der Waals surface area contributed by atoms with E-state index in [0.29, 0.717) is 6.42 Å². The topological polar surface area (TPSA) is 58.6 Å². The zero-order chi connectivity index (χ0) is 15.4. The van der Waals surface area contributed by atoms with Crippen LogP contribution < -0.4 is 5.32 Å². The molecule has 0 aromatic heterocycles. The molecule has 0 heterocycles. The fourth-order valence-corrected chi connectivity index (χ4v) is 1.89. The zero-order valence-electron chi connectivity index (χ0n) is 12.9. The van der Waals surface area contributed by atoms with Crippen LogP contribution in [0.25, 0.3) is 0 Å². The normalized spacial score (nSPS) is 13.7. The maximum absolute atomic E-state index is 11.9. The van der Waals surface area contributed by atoms with Crippen molar-refractivity contribution < 1.29 is 14.6 Å². The van der Waals surface area contributed by atoms with E-state index in [9.17, 15) is 9.90 Å². The first-order valence-electron chi connectivity index (χ1n) is 6.84. The van der Waals surface area contributed by atoms with Crippen molar-refractivity contribution in [3.63, 3.8) is 0 Å². The molecule has 1 unspecified atom stereocenters. The predicted molar refractivity (Wildman–Crippen MR) is 79.5 cm³/mol. The van der Waals surface area contributed by atoms with Crippen LogP contribution in [-0.2, 0) is 4.74 Å². The summed E-state index contributed by atoms with van der Waals surface area (Å²) in [5.41, 5.74) is -0.476. The smallest absolute Gasteiger partial charge is 0.408 e. The van der Waals surface area contributed by atoms with Crippen LogP contribution in [0.5, 0.6) is 0 Å². The van der Waals surface area contributed by atoms with E-state index in [0.717, 1.165) is 5.56 Å². The third kappa shape index (κ3) is 6.57. The van der Waals surface area contributed by atoms with E-state index in [2.05, 4.69) is 5.32 Å². The molecule has 112 valence electrons. The van der Waals surface area contributed by atoms with Gasteiger partial charge < -0.3 is 15.2 Å². The van der Waals surface area contributed by atoms with Gasteiger partial charge >= 0.3 is 6.09 Å². The minimum atomic E-state index is -0.879. The summed E-state index contributed by atoms with van der Waals surface area (Å²) in [7, 11) is 0. The number of ether oxygens (including phenoxy) is 1. The number of amides is 1. The lowest BCUT2D eigenvalue weighted by Gasteiger charge is -2.28. The van der Waals surface area contributed by atoms with Gasteiger partial charge in [-0.25, -0.2) is 4.79 Å². The van der Waals surface area contributed by atoms with Gasteiger partial charge in [0.25, 0.3) is 0 Å². The molecule has 0 radical (unpaired) electrons. The Labute approximate surface area is 121 Å². The standard InChI is InChI=1S/C16H25NO3/c1-15(2,3)20-14(18)17-13(11-16(4,5)19)12-9-7-6-8-10-12/h6-10,13,19H,11H2,1-5H3,(H,17,18). The van der Waals surface area contributed by atoms with Gasteiger partial charge in [-0.3, -0.25) is 0 Å². The molecule has 0 saturated heterocycles. The van der Waals surface area contributed by atoms with Crippen molar-refractivity contribution in [1.82, 2.24) is 5.32 Å². The van der Waals surface area contributed by atoms with Gasteiger partial charge in [0.15, 0.2) is 0 Å². The molecule has 0 spiro atoms. The third-order valence-electron chi connectivity index (χ3n) is 2.60. The molecule has 1 amide bonds. The highest BCUT2D eigenvalue weighted by molar-refractivity contribution is 5.68. The summed E-state index contributed by atoms with van der Waals surface area (Å²) >= 11 is 0. The summed E-state index contributed by atoms with van der Waals surface area (Å²) in [6.07, 6.45) is -0.0633. The van der Waals surface area contributed by atoms with E-state index in [4.69, 9.17) is 4.74 Å². The number of alkyl carbamates (subject to hydrolysis) is 1. The van der Waals surface area contributed by atoms with E-state index in [1.54, 1.807) is 13.8 Å². The van der Waals surface area contributed by atoms with Gasteiger partial charge in [-0.2, -0.15) is 0 Å². The fraction of sp³-hybridized carbons (Fsp3) is 0.562. The van der Waals surface area contributed by atoms with Gasteiger partial charge in [-0.05, 0) is 40.2 Å². The lowest BCUT2D eigenvalue weighted by Crippen LogP contribution is -2.37. The Balaban J connectivity index is 2.82. The van der Waals surface area contributed by atoms with E-state index in [1.807, 2.05) is 51.1 Å². The first-order chi connectivity index (χ1) is 9.07. The van der Waals surface area contributed by atoms with Crippen molar-refractivity contribution in [2.45, 2.75) is 58.3 Å². The van der Waals surface area contributed by atoms with Gasteiger partial charge in [0.2, 0.25) is 0 Å². The monoisotopic (exact) mass is 279 g/mol. The molecule has 4 heteroatoms. The number of carbonyl (C=O) groups is 1. The van der Waals surface area contributed by atoms with Crippen LogP contribution in [0.1, 0.15) is 52.6 Å². The maximum atomic E-state index is 11.9. The number of carbonyl (C=O) groups excluding carboxylic acids is 1. The number of benzene rings is 1. The summed E-state index contributed by atoms with van der Waals surface area (Å²) in [4.78, 5) is 11.9. The summed E-state index contributed by atoms with van der Waals surface area (Å²) in [6.45, 7) is 8.90. The molecule has 0 aliphatic rings. The lowest BCUT2D eigenvalue weighted by molar-refractivity contribution is 0.0390. The Morgan fingerprint density at radius 2 is 1.75 bits per heavy atom. The van der Waals surface area contributed by atoms with Gasteiger partial charge in [-0.15, -0.1) is 0 Å². The van der Waals surface area contributed by atoms with Crippen LogP contribution >= 0.6 is 0 Å². The number of nitrogens with one attached hydrogen (secondary N) is 1. The number of hydrogen-bond acceptors (Lipinski definition) is 3. The zero-order valence-corrected chi connectivity index (χ0v) is 12.9. The van der Waals surface area contributed by atoms with E-state index in [-0.39, 0.29) is 6.04 Å². The molecule has 4 nitrogen and oxygen atoms in total. The van der Waals surface area contributed by atoms with Crippen molar-refractivity contribution in [2.75, 3.05) is 0 Å². The Morgan fingerprint density at radius 3 is 2.20 bits per heavy atom. The van der Waals surface area contributed by atoms with Gasteiger partial charge in [0.05, 0.1) is 11.6 Å². The second kappa shape index (κ2) is 6.27. The first-order valence-corrected chi connectivity index (χ1v) is 6.84. The van der Waals surface area contributed by atoms with Crippen LogP contribution in [0, 0.1) is 0 Å². The van der Waals surface area contributed by atoms with Gasteiger partial charge in [0.1, 0.15) is 5.60 Å². The highest BCUT2D eigenvalue weighted by Crippen LogP contribution is 2.24. The molecule has 20 heavy (non-hydrogen) atoms. The molecule has 0 saturated carbocycles. The minimum Gasteiger partial charge on any atom is -0.444 e. The van der Waals surface area contributed by atoms with Gasteiger partial charge in [-0.1, -0.05) is 30.3 Å². The largest absolute Gasteiger partial charge is 0.444 e. The molecule has 0 aliphatic carbocycles. The second-order valence-electron chi connectivity index (χ2n) is 6.63. The van der Waals surface area contributed by atoms with Crippen molar-refractivity contribution in [1.29, 1.82) is 0 Å². The predicted octanol–water partition coefficient (Wildman–Crippen LogP) is 3.41. The Bertz CT molecular complexity index is 429. The molecule has 1 aromatic carbocycles. The molecule has 0 bridgehead atoms. The molecular formula is C16H25NO3. The second-order valence-corrected chi connectivity index (χ2v) is 6.63. The van der Waals surface area contributed by atoms with Crippen molar-refractivity contribution in [2.24, 2.45) is 0 Å². The Morgan fingerprint density at radius 1 is 1.20 bits per heavy atom. The SMILES string of the molecule is CC(C)(O)CC(NC(=O)OC(C)(C)C)c1ccccc1. The van der Waals surface area contributed by atoms with E-state index < -0.39 is 17.3 Å².